The fourth-order valence-corrected chi connectivity index (χ4v) is 5.30. The van der Waals surface area contributed by atoms with Gasteiger partial charge in [-0.3, -0.25) is 0 Å². The van der Waals surface area contributed by atoms with Crippen molar-refractivity contribution in [2.75, 3.05) is 0 Å². The minimum Gasteiger partial charge on any atom is -0.0533 e. The summed E-state index contributed by atoms with van der Waals surface area (Å²) in [7, 11) is 0. The second-order valence-electron chi connectivity index (χ2n) is 5.44. The van der Waals surface area contributed by atoms with Crippen LogP contribution >= 0.6 is 22.6 Å². The van der Waals surface area contributed by atoms with Crippen LogP contribution in [0.2, 0.25) is 8.94 Å². The van der Waals surface area contributed by atoms with Gasteiger partial charge >= 0.3 is 129 Å². The summed E-state index contributed by atoms with van der Waals surface area (Å²) < 4.78 is 4.74. The summed E-state index contributed by atoms with van der Waals surface area (Å²) in [4.78, 5) is 10.4. The third-order valence-electron chi connectivity index (χ3n) is 3.43. The van der Waals surface area contributed by atoms with Crippen molar-refractivity contribution in [3.63, 3.8) is 0 Å². The fraction of sp³-hybridized carbons (Fsp3) is 0.824. The molecule has 0 saturated carbocycles. The topological polar surface area (TPSA) is 37.3 Å². The molecule has 0 heterocycles. The molecule has 0 aliphatic carbocycles. The molecule has 0 aromatic carbocycles. The molecule has 0 unspecified atom stereocenters. The molecule has 1 N–H and O–H groups in total. The second-order valence-corrected chi connectivity index (χ2v) is 9.66. The molecule has 0 spiro atoms. The Balaban J connectivity index is 2.98. The molecule has 0 atom stereocenters. The number of carboxylic acid groups (broad SMARTS) is 1. The van der Waals surface area contributed by atoms with E-state index >= 15 is 0 Å². The number of carboxylic acids is 1. The van der Waals surface area contributed by atoms with Gasteiger partial charge in [0.1, 0.15) is 0 Å². The molecular weight excluding hydrogens is 491 g/mol. The number of unbranched alkanes of at least 4 members (excludes halogenated alkanes) is 9. The summed E-state index contributed by atoms with van der Waals surface area (Å²) in [5.74, 6) is -0.635. The molecule has 0 bridgehead atoms. The van der Waals surface area contributed by atoms with Gasteiger partial charge in [0.25, 0.3) is 0 Å². The van der Waals surface area contributed by atoms with E-state index < -0.39 is 5.97 Å². The number of aliphatic carboxylic acids is 1. The zero-order chi connectivity index (χ0) is 15.6. The van der Waals surface area contributed by atoms with Crippen molar-refractivity contribution >= 4 is 49.5 Å². The van der Waals surface area contributed by atoms with Crippen molar-refractivity contribution in [1.82, 2.24) is 0 Å². The van der Waals surface area contributed by atoms with Gasteiger partial charge < -0.3 is 0 Å². The Kier molecular flexibility index (Phi) is 19.4. The van der Waals surface area contributed by atoms with Crippen LogP contribution in [-0.2, 0) is 4.79 Å². The van der Waals surface area contributed by atoms with Crippen molar-refractivity contribution in [2.24, 2.45) is 0 Å². The van der Waals surface area contributed by atoms with Crippen LogP contribution in [0.1, 0.15) is 77.0 Å². The molecule has 0 aliphatic heterocycles. The van der Waals surface area contributed by atoms with Crippen LogP contribution in [0.5, 0.6) is 0 Å². The van der Waals surface area contributed by atoms with E-state index in [0.29, 0.717) is 6.42 Å². The quantitative estimate of drug-likeness (QED) is 0.148. The minimum atomic E-state index is -0.635. The fourth-order valence-electron chi connectivity index (χ4n) is 2.19. The normalized spacial score (nSPS) is 11.3. The Labute approximate surface area is 154 Å². The first-order valence-corrected chi connectivity index (χ1v) is 12.9. The summed E-state index contributed by atoms with van der Waals surface area (Å²) in [5, 5.41) is 8.54. The number of hydrogen-bond acceptors (Lipinski definition) is 1. The first-order chi connectivity index (χ1) is 10.3. The van der Waals surface area contributed by atoms with E-state index in [0.717, 1.165) is 6.42 Å². The summed E-state index contributed by atoms with van der Waals surface area (Å²) in [6.45, 7) is 0. The third kappa shape index (κ3) is 20.7. The summed E-state index contributed by atoms with van der Waals surface area (Å²) >= 11 is 2.40. The Hall–Kier alpha value is 0.730. The van der Waals surface area contributed by atoms with E-state index in [9.17, 15) is 4.79 Å². The van der Waals surface area contributed by atoms with Gasteiger partial charge in [0.05, 0.1) is 0 Å². The van der Waals surface area contributed by atoms with E-state index in [1.54, 1.807) is 0 Å². The zero-order valence-corrected chi connectivity index (χ0v) is 17.7. The van der Waals surface area contributed by atoms with E-state index in [4.69, 9.17) is 5.11 Å². The number of allylic oxidation sites excluding steroid dienone is 1. The summed E-state index contributed by atoms with van der Waals surface area (Å²) in [6.07, 6.45) is 17.4. The van der Waals surface area contributed by atoms with E-state index in [1.807, 2.05) is 0 Å². The van der Waals surface area contributed by atoms with Crippen molar-refractivity contribution in [3.8, 4) is 0 Å². The van der Waals surface area contributed by atoms with E-state index in [2.05, 4.69) is 32.7 Å². The Bertz CT molecular complexity index is 257. The van der Waals surface area contributed by atoms with Gasteiger partial charge in [0, 0.05) is 0 Å². The molecular formula is C17H31IO2Te. The molecule has 4 heteroatoms. The first kappa shape index (κ1) is 21.7. The van der Waals surface area contributed by atoms with Gasteiger partial charge in [0.15, 0.2) is 0 Å². The molecule has 0 rings (SSSR count). The van der Waals surface area contributed by atoms with Crippen LogP contribution in [0.4, 0.5) is 0 Å². The van der Waals surface area contributed by atoms with Crippen LogP contribution in [0, 0.1) is 0 Å². The smallest absolute Gasteiger partial charge is 0.0533 e. The Morgan fingerprint density at radius 1 is 0.857 bits per heavy atom. The van der Waals surface area contributed by atoms with Crippen molar-refractivity contribution in [2.45, 2.75) is 86.0 Å². The Morgan fingerprint density at radius 3 is 1.95 bits per heavy atom. The molecule has 124 valence electrons. The van der Waals surface area contributed by atoms with Gasteiger partial charge in [-0.05, 0) is 4.08 Å². The van der Waals surface area contributed by atoms with E-state index in [1.165, 1.54) is 73.1 Å². The predicted octanol–water partition coefficient (Wildman–Crippen LogP) is 6.24. The molecule has 2 nitrogen and oxygen atoms in total. The monoisotopic (exact) mass is 524 g/mol. The number of carbonyl (C=O) groups is 1. The summed E-state index contributed by atoms with van der Waals surface area (Å²) in [6, 6.07) is 0. The van der Waals surface area contributed by atoms with Crippen LogP contribution in [0.3, 0.4) is 0 Å². The standard InChI is InChI=1S/C17H31IO2Te/c18-14-10-8-6-4-2-1-3-5-7-9-11-15-21-16-12-13-17(19)20/h10,14H,1-9,11-13,15-16H2,(H,19,20)/b14-10-. The average Bonchev–Trinajstić information content (AvgIpc) is 2.46. The average molecular weight is 522 g/mol. The molecule has 0 aromatic heterocycles. The molecule has 0 saturated heterocycles. The summed E-state index contributed by atoms with van der Waals surface area (Å²) in [5.41, 5.74) is 0. The van der Waals surface area contributed by atoms with Gasteiger partial charge in [-0.25, -0.2) is 0 Å². The third-order valence-corrected chi connectivity index (χ3v) is 7.23. The van der Waals surface area contributed by atoms with Gasteiger partial charge in [-0.1, -0.05) is 22.6 Å². The zero-order valence-electron chi connectivity index (χ0n) is 13.2. The second kappa shape index (κ2) is 18.8. The molecule has 0 radical (unpaired) electrons. The molecule has 21 heavy (non-hydrogen) atoms. The van der Waals surface area contributed by atoms with Crippen LogP contribution < -0.4 is 0 Å². The molecule has 0 aliphatic rings. The van der Waals surface area contributed by atoms with Crippen LogP contribution in [0.25, 0.3) is 0 Å². The predicted molar refractivity (Wildman–Crippen MR) is 102 cm³/mol. The molecule has 0 amide bonds. The minimum absolute atomic E-state index is 0.115. The van der Waals surface area contributed by atoms with Gasteiger partial charge in [0.2, 0.25) is 0 Å². The van der Waals surface area contributed by atoms with Gasteiger partial charge in [-0.2, -0.15) is 0 Å². The molecule has 0 aromatic rings. The van der Waals surface area contributed by atoms with Crippen LogP contribution in [-0.4, -0.2) is 32.0 Å². The first-order valence-electron chi connectivity index (χ1n) is 8.32. The number of hydrogen-bond donors (Lipinski definition) is 1. The number of halogens is 1. The SMILES string of the molecule is O=C(O)CCC[Te]CCCCCCCCCCC/C=C\I. The van der Waals surface area contributed by atoms with Crippen molar-refractivity contribution < 1.29 is 9.90 Å². The number of rotatable bonds is 16. The maximum absolute atomic E-state index is 10.4. The van der Waals surface area contributed by atoms with E-state index in [-0.39, 0.29) is 20.9 Å². The molecule has 0 fully saturated rings. The van der Waals surface area contributed by atoms with Gasteiger partial charge in [-0.15, -0.1) is 0 Å². The maximum atomic E-state index is 10.4. The van der Waals surface area contributed by atoms with Crippen molar-refractivity contribution in [3.05, 3.63) is 10.2 Å². The van der Waals surface area contributed by atoms with Crippen LogP contribution in [0.15, 0.2) is 10.2 Å². The Morgan fingerprint density at radius 2 is 1.38 bits per heavy atom. The van der Waals surface area contributed by atoms with Crippen molar-refractivity contribution in [1.29, 1.82) is 0 Å².